The monoisotopic (exact) mass is 296 g/mol. The van der Waals surface area contributed by atoms with Gasteiger partial charge in [-0.2, -0.15) is 0 Å². The second-order valence-electron chi connectivity index (χ2n) is 5.31. The maximum atomic E-state index is 4.77. The Morgan fingerprint density at radius 2 is 1.90 bits per heavy atom. The van der Waals surface area contributed by atoms with Crippen molar-refractivity contribution in [1.29, 1.82) is 0 Å². The van der Waals surface area contributed by atoms with Crippen LogP contribution in [0.3, 0.4) is 0 Å². The SMILES string of the molecule is CCNC(C)c1sc(-c2ccc3ccccc3c2)nc1C. The second kappa shape index (κ2) is 5.96. The van der Waals surface area contributed by atoms with Crippen LogP contribution in [-0.4, -0.2) is 11.5 Å². The third-order valence-electron chi connectivity index (χ3n) is 3.73. The fourth-order valence-corrected chi connectivity index (χ4v) is 3.74. The highest BCUT2D eigenvalue weighted by atomic mass is 32.1. The Morgan fingerprint density at radius 3 is 2.67 bits per heavy atom. The summed E-state index contributed by atoms with van der Waals surface area (Å²) in [6.45, 7) is 7.42. The van der Waals surface area contributed by atoms with Gasteiger partial charge in [0.1, 0.15) is 5.01 Å². The first kappa shape index (κ1) is 14.2. The van der Waals surface area contributed by atoms with Gasteiger partial charge < -0.3 is 5.32 Å². The van der Waals surface area contributed by atoms with Gasteiger partial charge in [0.05, 0.1) is 5.69 Å². The normalized spacial score (nSPS) is 12.7. The van der Waals surface area contributed by atoms with Crippen LogP contribution in [0.5, 0.6) is 0 Å². The van der Waals surface area contributed by atoms with Gasteiger partial charge in [-0.25, -0.2) is 4.98 Å². The first-order chi connectivity index (χ1) is 10.2. The van der Waals surface area contributed by atoms with Gasteiger partial charge in [-0.15, -0.1) is 11.3 Å². The van der Waals surface area contributed by atoms with Gasteiger partial charge in [0.15, 0.2) is 0 Å². The van der Waals surface area contributed by atoms with Gasteiger partial charge in [-0.3, -0.25) is 0 Å². The molecule has 3 rings (SSSR count). The molecule has 0 radical (unpaired) electrons. The van der Waals surface area contributed by atoms with Gasteiger partial charge in [-0.1, -0.05) is 43.3 Å². The van der Waals surface area contributed by atoms with E-state index in [4.69, 9.17) is 4.98 Å². The molecule has 1 atom stereocenters. The number of aryl methyl sites for hydroxylation is 1. The summed E-state index contributed by atoms with van der Waals surface area (Å²) in [4.78, 5) is 6.10. The molecular formula is C18H20N2S. The van der Waals surface area contributed by atoms with E-state index >= 15 is 0 Å². The lowest BCUT2D eigenvalue weighted by atomic mass is 10.1. The van der Waals surface area contributed by atoms with Crippen LogP contribution in [0.1, 0.15) is 30.5 Å². The molecule has 3 heteroatoms. The third-order valence-corrected chi connectivity index (χ3v) is 5.12. The molecule has 0 fully saturated rings. The van der Waals surface area contributed by atoms with Crippen molar-refractivity contribution in [3.63, 3.8) is 0 Å². The summed E-state index contributed by atoms with van der Waals surface area (Å²) in [6.07, 6.45) is 0. The van der Waals surface area contributed by atoms with Crippen LogP contribution in [0, 0.1) is 6.92 Å². The zero-order valence-electron chi connectivity index (χ0n) is 12.7. The summed E-state index contributed by atoms with van der Waals surface area (Å²) in [6, 6.07) is 15.4. The second-order valence-corrected chi connectivity index (χ2v) is 6.34. The fourth-order valence-electron chi connectivity index (χ4n) is 2.65. The van der Waals surface area contributed by atoms with Gasteiger partial charge in [0.2, 0.25) is 0 Å². The van der Waals surface area contributed by atoms with Crippen LogP contribution in [-0.2, 0) is 0 Å². The standard InChI is InChI=1S/C18H20N2S/c1-4-19-12(2)17-13(3)20-18(21-17)16-10-9-14-7-5-6-8-15(14)11-16/h5-12,19H,4H2,1-3H3. The zero-order valence-corrected chi connectivity index (χ0v) is 13.5. The summed E-state index contributed by atoms with van der Waals surface area (Å²) < 4.78 is 0. The van der Waals surface area contributed by atoms with Crippen LogP contribution >= 0.6 is 11.3 Å². The van der Waals surface area contributed by atoms with E-state index in [1.807, 2.05) is 0 Å². The molecule has 0 saturated heterocycles. The number of thiazole rings is 1. The van der Waals surface area contributed by atoms with E-state index in [-0.39, 0.29) is 0 Å². The highest BCUT2D eigenvalue weighted by molar-refractivity contribution is 7.15. The van der Waals surface area contributed by atoms with Crippen molar-refractivity contribution in [2.24, 2.45) is 0 Å². The Balaban J connectivity index is 2.00. The zero-order chi connectivity index (χ0) is 14.8. The number of nitrogens with zero attached hydrogens (tertiary/aromatic N) is 1. The largest absolute Gasteiger partial charge is 0.310 e. The van der Waals surface area contributed by atoms with E-state index in [1.54, 1.807) is 11.3 Å². The average molecular weight is 296 g/mol. The molecule has 1 unspecified atom stereocenters. The lowest BCUT2D eigenvalue weighted by Crippen LogP contribution is -2.17. The molecule has 2 aromatic carbocycles. The molecule has 0 aliphatic heterocycles. The maximum absolute atomic E-state index is 4.77. The van der Waals surface area contributed by atoms with E-state index in [1.165, 1.54) is 21.2 Å². The molecule has 0 aliphatic rings. The highest BCUT2D eigenvalue weighted by Crippen LogP contribution is 2.33. The summed E-state index contributed by atoms with van der Waals surface area (Å²) >= 11 is 1.80. The van der Waals surface area contributed by atoms with Crippen LogP contribution in [0.2, 0.25) is 0 Å². The number of benzene rings is 2. The molecule has 1 N–H and O–H groups in total. The molecule has 0 amide bonds. The van der Waals surface area contributed by atoms with E-state index in [0.29, 0.717) is 6.04 Å². The lowest BCUT2D eigenvalue weighted by molar-refractivity contribution is 0.603. The molecule has 108 valence electrons. The quantitative estimate of drug-likeness (QED) is 0.737. The lowest BCUT2D eigenvalue weighted by Gasteiger charge is -2.09. The van der Waals surface area contributed by atoms with Crippen LogP contribution in [0.4, 0.5) is 0 Å². The Hall–Kier alpha value is -1.71. The molecule has 2 nitrogen and oxygen atoms in total. The summed E-state index contributed by atoms with van der Waals surface area (Å²) in [5, 5.41) is 7.12. The summed E-state index contributed by atoms with van der Waals surface area (Å²) in [7, 11) is 0. The highest BCUT2D eigenvalue weighted by Gasteiger charge is 2.14. The van der Waals surface area contributed by atoms with E-state index in [2.05, 4.69) is 68.6 Å². The molecule has 1 aromatic heterocycles. The number of hydrogen-bond acceptors (Lipinski definition) is 3. The van der Waals surface area contributed by atoms with Crippen molar-refractivity contribution >= 4 is 22.1 Å². The fraction of sp³-hybridized carbons (Fsp3) is 0.278. The van der Waals surface area contributed by atoms with Crippen molar-refractivity contribution in [2.75, 3.05) is 6.54 Å². The first-order valence-corrected chi connectivity index (χ1v) is 8.20. The maximum Gasteiger partial charge on any atom is 0.123 e. The molecule has 0 spiro atoms. The molecule has 0 aliphatic carbocycles. The van der Waals surface area contributed by atoms with Crippen molar-refractivity contribution < 1.29 is 0 Å². The van der Waals surface area contributed by atoms with Gasteiger partial charge >= 0.3 is 0 Å². The van der Waals surface area contributed by atoms with Gasteiger partial charge in [-0.05, 0) is 37.2 Å². The molecule has 21 heavy (non-hydrogen) atoms. The summed E-state index contributed by atoms with van der Waals surface area (Å²) in [5.41, 5.74) is 2.34. The van der Waals surface area contributed by atoms with Gasteiger partial charge in [0.25, 0.3) is 0 Å². The minimum Gasteiger partial charge on any atom is -0.310 e. The van der Waals surface area contributed by atoms with Crippen molar-refractivity contribution in [3.05, 3.63) is 53.0 Å². The molecular weight excluding hydrogens is 276 g/mol. The van der Waals surface area contributed by atoms with Crippen molar-refractivity contribution in [1.82, 2.24) is 10.3 Å². The number of nitrogens with one attached hydrogen (secondary N) is 1. The van der Waals surface area contributed by atoms with Gasteiger partial charge in [0, 0.05) is 16.5 Å². The van der Waals surface area contributed by atoms with E-state index in [0.717, 1.165) is 17.2 Å². The van der Waals surface area contributed by atoms with E-state index < -0.39 is 0 Å². The Labute approximate surface area is 129 Å². The Kier molecular flexibility index (Phi) is 4.04. The Morgan fingerprint density at radius 1 is 1.14 bits per heavy atom. The predicted octanol–water partition coefficient (Wildman–Crippen LogP) is 4.94. The van der Waals surface area contributed by atoms with E-state index in [9.17, 15) is 0 Å². The first-order valence-electron chi connectivity index (χ1n) is 7.39. The smallest absolute Gasteiger partial charge is 0.123 e. The minimum absolute atomic E-state index is 0.363. The minimum atomic E-state index is 0.363. The molecule has 1 heterocycles. The van der Waals surface area contributed by atoms with Crippen molar-refractivity contribution in [3.8, 4) is 10.6 Å². The summed E-state index contributed by atoms with van der Waals surface area (Å²) in [5.74, 6) is 0. The topological polar surface area (TPSA) is 24.9 Å². The number of hydrogen-bond donors (Lipinski definition) is 1. The predicted molar refractivity (Wildman–Crippen MR) is 91.9 cm³/mol. The number of aromatic nitrogens is 1. The molecule has 0 saturated carbocycles. The average Bonchev–Trinajstić information content (AvgIpc) is 2.89. The Bertz CT molecular complexity index is 761. The number of rotatable bonds is 4. The van der Waals surface area contributed by atoms with Crippen LogP contribution in [0.25, 0.3) is 21.3 Å². The van der Waals surface area contributed by atoms with Crippen molar-refractivity contribution in [2.45, 2.75) is 26.8 Å². The van der Waals surface area contributed by atoms with Crippen LogP contribution < -0.4 is 5.32 Å². The molecule has 3 aromatic rings. The number of fused-ring (bicyclic) bond motifs is 1. The molecule has 0 bridgehead atoms. The van der Waals surface area contributed by atoms with Crippen LogP contribution in [0.15, 0.2) is 42.5 Å². The third kappa shape index (κ3) is 2.85.